The van der Waals surface area contributed by atoms with Gasteiger partial charge in [-0.05, 0) is 50.2 Å². The van der Waals surface area contributed by atoms with Crippen molar-refractivity contribution in [3.8, 4) is 0 Å². The van der Waals surface area contributed by atoms with Crippen molar-refractivity contribution in [2.24, 2.45) is 0 Å². The van der Waals surface area contributed by atoms with Gasteiger partial charge in [-0.1, -0.05) is 45.8 Å². The third-order valence-electron chi connectivity index (χ3n) is 5.49. The Morgan fingerprint density at radius 1 is 1.03 bits per heavy atom. The Labute approximate surface area is 193 Å². The maximum Gasteiger partial charge on any atom is 0.238 e. The van der Waals surface area contributed by atoms with Crippen LogP contribution in [-0.4, -0.2) is 72.8 Å². The van der Waals surface area contributed by atoms with Gasteiger partial charge in [-0.2, -0.15) is 0 Å². The van der Waals surface area contributed by atoms with Crippen LogP contribution in [0.25, 0.3) is 0 Å². The minimum atomic E-state index is -0.122. The number of amides is 2. The third-order valence-corrected chi connectivity index (χ3v) is 5.99. The average molecular weight is 487 g/mol. The number of benzene rings is 2. The van der Waals surface area contributed by atoms with Gasteiger partial charge in [-0.25, -0.2) is 0 Å². The predicted octanol–water partition coefficient (Wildman–Crippen LogP) is 3.28. The van der Waals surface area contributed by atoms with E-state index in [1.54, 1.807) is 11.9 Å². The molecule has 0 bridgehead atoms. The fourth-order valence-electron chi connectivity index (χ4n) is 3.81. The fourth-order valence-corrected chi connectivity index (χ4v) is 4.29. The molecule has 0 aromatic heterocycles. The van der Waals surface area contributed by atoms with Crippen LogP contribution in [-0.2, 0) is 16.1 Å². The SMILES string of the molecule is Cc1cccc(CN2CCN(C(=O)CN(C)CC(=O)Nc3ccc(Br)cc3C)CC2)c1. The van der Waals surface area contributed by atoms with Crippen LogP contribution in [0.4, 0.5) is 5.69 Å². The van der Waals surface area contributed by atoms with Crippen molar-refractivity contribution in [3.63, 3.8) is 0 Å². The molecule has 1 aliphatic heterocycles. The highest BCUT2D eigenvalue weighted by Gasteiger charge is 2.22. The van der Waals surface area contributed by atoms with E-state index >= 15 is 0 Å². The Morgan fingerprint density at radius 2 is 1.77 bits per heavy atom. The van der Waals surface area contributed by atoms with Gasteiger partial charge in [0.1, 0.15) is 0 Å². The van der Waals surface area contributed by atoms with E-state index in [4.69, 9.17) is 0 Å². The van der Waals surface area contributed by atoms with E-state index in [-0.39, 0.29) is 24.9 Å². The molecule has 166 valence electrons. The number of piperazine rings is 1. The highest BCUT2D eigenvalue weighted by Crippen LogP contribution is 2.20. The van der Waals surface area contributed by atoms with Gasteiger partial charge in [-0.15, -0.1) is 0 Å². The van der Waals surface area contributed by atoms with E-state index in [0.29, 0.717) is 0 Å². The first-order valence-corrected chi connectivity index (χ1v) is 11.4. The van der Waals surface area contributed by atoms with Gasteiger partial charge in [0.15, 0.2) is 0 Å². The van der Waals surface area contributed by atoms with Gasteiger partial charge in [-0.3, -0.25) is 19.4 Å². The van der Waals surface area contributed by atoms with Crippen LogP contribution in [0.15, 0.2) is 46.9 Å². The van der Waals surface area contributed by atoms with Crippen molar-refractivity contribution in [2.45, 2.75) is 20.4 Å². The van der Waals surface area contributed by atoms with Crippen LogP contribution in [0.1, 0.15) is 16.7 Å². The molecule has 1 aliphatic rings. The number of hydrogen-bond donors (Lipinski definition) is 1. The predicted molar refractivity (Wildman–Crippen MR) is 128 cm³/mol. The zero-order chi connectivity index (χ0) is 22.4. The molecular weight excluding hydrogens is 456 g/mol. The van der Waals surface area contributed by atoms with E-state index in [1.165, 1.54) is 11.1 Å². The van der Waals surface area contributed by atoms with Crippen LogP contribution in [0.3, 0.4) is 0 Å². The second kappa shape index (κ2) is 10.9. The van der Waals surface area contributed by atoms with Crippen molar-refractivity contribution < 1.29 is 9.59 Å². The second-order valence-corrected chi connectivity index (χ2v) is 9.24. The van der Waals surface area contributed by atoms with Crippen LogP contribution in [0.2, 0.25) is 0 Å². The van der Waals surface area contributed by atoms with Gasteiger partial charge >= 0.3 is 0 Å². The summed E-state index contributed by atoms with van der Waals surface area (Å²) in [5.41, 5.74) is 4.36. The molecule has 2 amide bonds. The van der Waals surface area contributed by atoms with Crippen molar-refractivity contribution >= 4 is 33.4 Å². The van der Waals surface area contributed by atoms with E-state index in [0.717, 1.165) is 48.4 Å². The first-order chi connectivity index (χ1) is 14.8. The molecular formula is C24H31BrN4O2. The van der Waals surface area contributed by atoms with Gasteiger partial charge in [0.2, 0.25) is 11.8 Å². The number of anilines is 1. The summed E-state index contributed by atoms with van der Waals surface area (Å²) in [4.78, 5) is 31.1. The minimum absolute atomic E-state index is 0.0744. The summed E-state index contributed by atoms with van der Waals surface area (Å²) in [6.45, 7) is 8.58. The summed E-state index contributed by atoms with van der Waals surface area (Å²) in [6.07, 6.45) is 0. The quantitative estimate of drug-likeness (QED) is 0.652. The monoisotopic (exact) mass is 486 g/mol. The second-order valence-electron chi connectivity index (χ2n) is 8.33. The van der Waals surface area contributed by atoms with Crippen molar-refractivity contribution in [2.75, 3.05) is 51.6 Å². The Morgan fingerprint density at radius 3 is 2.45 bits per heavy atom. The molecule has 6 nitrogen and oxygen atoms in total. The minimum Gasteiger partial charge on any atom is -0.339 e. The number of carbonyl (C=O) groups excluding carboxylic acids is 2. The molecule has 1 heterocycles. The Hall–Kier alpha value is -2.22. The van der Waals surface area contributed by atoms with E-state index < -0.39 is 0 Å². The number of halogens is 1. The van der Waals surface area contributed by atoms with Crippen LogP contribution >= 0.6 is 15.9 Å². The molecule has 1 saturated heterocycles. The normalized spacial score (nSPS) is 14.7. The number of hydrogen-bond acceptors (Lipinski definition) is 4. The molecule has 0 spiro atoms. The lowest BCUT2D eigenvalue weighted by Crippen LogP contribution is -2.51. The smallest absolute Gasteiger partial charge is 0.238 e. The lowest BCUT2D eigenvalue weighted by molar-refractivity contribution is -0.134. The number of carbonyl (C=O) groups is 2. The molecule has 0 unspecified atom stereocenters. The molecule has 2 aromatic carbocycles. The summed E-state index contributed by atoms with van der Waals surface area (Å²) >= 11 is 3.42. The molecule has 1 N–H and O–H groups in total. The maximum absolute atomic E-state index is 12.7. The molecule has 0 radical (unpaired) electrons. The van der Waals surface area contributed by atoms with Crippen molar-refractivity contribution in [1.82, 2.24) is 14.7 Å². The van der Waals surface area contributed by atoms with Gasteiger partial charge in [0.25, 0.3) is 0 Å². The molecule has 0 aliphatic carbocycles. The van der Waals surface area contributed by atoms with E-state index in [2.05, 4.69) is 57.3 Å². The summed E-state index contributed by atoms with van der Waals surface area (Å²) < 4.78 is 0.977. The zero-order valence-electron chi connectivity index (χ0n) is 18.5. The largest absolute Gasteiger partial charge is 0.339 e. The van der Waals surface area contributed by atoms with E-state index in [9.17, 15) is 9.59 Å². The van der Waals surface area contributed by atoms with Crippen LogP contribution in [0.5, 0.6) is 0 Å². The highest BCUT2D eigenvalue weighted by molar-refractivity contribution is 9.10. The number of nitrogens with one attached hydrogen (secondary N) is 1. The summed E-state index contributed by atoms with van der Waals surface area (Å²) in [7, 11) is 1.81. The summed E-state index contributed by atoms with van der Waals surface area (Å²) in [5, 5.41) is 2.92. The number of rotatable bonds is 7. The summed E-state index contributed by atoms with van der Waals surface area (Å²) in [5.74, 6) is -0.0472. The van der Waals surface area contributed by atoms with Crippen LogP contribution in [0, 0.1) is 13.8 Å². The van der Waals surface area contributed by atoms with Crippen molar-refractivity contribution in [1.29, 1.82) is 0 Å². The maximum atomic E-state index is 12.7. The third kappa shape index (κ3) is 7.16. The fraction of sp³-hybridized carbons (Fsp3) is 0.417. The zero-order valence-corrected chi connectivity index (χ0v) is 20.1. The number of nitrogens with zero attached hydrogens (tertiary/aromatic N) is 3. The molecule has 3 rings (SSSR count). The molecule has 7 heteroatoms. The van der Waals surface area contributed by atoms with Gasteiger partial charge < -0.3 is 10.2 Å². The summed E-state index contributed by atoms with van der Waals surface area (Å²) in [6, 6.07) is 14.3. The van der Waals surface area contributed by atoms with E-state index in [1.807, 2.05) is 30.0 Å². The Kier molecular flexibility index (Phi) is 8.23. The molecule has 0 atom stereocenters. The number of likely N-dealkylation sites (N-methyl/N-ethyl adjacent to an activating group) is 1. The number of aryl methyl sites for hydroxylation is 2. The Bertz CT molecular complexity index is 926. The average Bonchev–Trinajstić information content (AvgIpc) is 2.70. The molecule has 31 heavy (non-hydrogen) atoms. The first-order valence-electron chi connectivity index (χ1n) is 10.6. The van der Waals surface area contributed by atoms with Crippen LogP contribution < -0.4 is 5.32 Å². The Balaban J connectivity index is 1.41. The van der Waals surface area contributed by atoms with Crippen molar-refractivity contribution in [3.05, 3.63) is 63.6 Å². The lowest BCUT2D eigenvalue weighted by atomic mass is 10.1. The molecule has 2 aromatic rings. The van der Waals surface area contributed by atoms with Gasteiger partial charge in [0.05, 0.1) is 13.1 Å². The molecule has 0 saturated carbocycles. The topological polar surface area (TPSA) is 55.9 Å². The standard InChI is InChI=1S/C24H31BrN4O2/c1-18-5-4-6-20(13-18)15-28-9-11-29(12-10-28)24(31)17-27(3)16-23(30)26-22-8-7-21(25)14-19(22)2/h4-8,13-14H,9-12,15-17H2,1-3H3,(H,26,30). The lowest BCUT2D eigenvalue weighted by Gasteiger charge is -2.35. The highest BCUT2D eigenvalue weighted by atomic mass is 79.9. The molecule has 1 fully saturated rings. The van der Waals surface area contributed by atoms with Gasteiger partial charge in [0, 0.05) is 42.9 Å². The first kappa shape index (κ1) is 23.4.